The second kappa shape index (κ2) is 7.35. The van der Waals surface area contributed by atoms with Crippen LogP contribution in [0.2, 0.25) is 0 Å². The molecule has 0 spiro atoms. The molecule has 1 nitrogen and oxygen atoms in total. The highest BCUT2D eigenvalue weighted by molar-refractivity contribution is 5.04. The van der Waals surface area contributed by atoms with Gasteiger partial charge in [-0.25, -0.2) is 0 Å². The van der Waals surface area contributed by atoms with Crippen LogP contribution in [0.5, 0.6) is 0 Å². The van der Waals surface area contributed by atoms with E-state index in [-0.39, 0.29) is 0 Å². The highest BCUT2D eigenvalue weighted by atomic mass is 14.8. The molecule has 0 amide bonds. The lowest BCUT2D eigenvalue weighted by Crippen LogP contribution is -2.16. The largest absolute Gasteiger partial charge is 0.313 e. The van der Waals surface area contributed by atoms with Crippen LogP contribution in [0.3, 0.4) is 0 Å². The molecule has 1 N–H and O–H groups in total. The van der Waals surface area contributed by atoms with Crippen LogP contribution >= 0.6 is 0 Å². The van der Waals surface area contributed by atoms with Gasteiger partial charge in [0, 0.05) is 6.54 Å². The summed E-state index contributed by atoms with van der Waals surface area (Å²) in [6.07, 6.45) is 4.83. The summed E-state index contributed by atoms with van der Waals surface area (Å²) in [5, 5.41) is 3.36. The van der Waals surface area contributed by atoms with Gasteiger partial charge < -0.3 is 5.32 Å². The van der Waals surface area contributed by atoms with Gasteiger partial charge in [0.1, 0.15) is 0 Å². The van der Waals surface area contributed by atoms with Gasteiger partial charge in [0.2, 0.25) is 0 Å². The third kappa shape index (κ3) is 5.36. The minimum atomic E-state index is 0.735. The smallest absolute Gasteiger partial charge is 0.0164 e. The minimum Gasteiger partial charge on any atom is -0.313 e. The van der Waals surface area contributed by atoms with Gasteiger partial charge in [-0.1, -0.05) is 45.8 Å². The molecule has 0 aromatic carbocycles. The summed E-state index contributed by atoms with van der Waals surface area (Å²) in [5.74, 6) is 0.735. The lowest BCUT2D eigenvalue weighted by Gasteiger charge is -2.08. The first kappa shape index (κ1) is 11.7. The summed E-state index contributed by atoms with van der Waals surface area (Å²) >= 11 is 0. The molecule has 0 aliphatic heterocycles. The number of rotatable bonds is 6. The Bertz CT molecular complexity index is 127. The molecule has 72 valence electrons. The Morgan fingerprint density at radius 3 is 2.42 bits per heavy atom. The molecular weight excluding hydrogens is 146 g/mol. The van der Waals surface area contributed by atoms with E-state index in [2.05, 4.69) is 39.1 Å². The number of hydrogen-bond donors (Lipinski definition) is 1. The summed E-state index contributed by atoms with van der Waals surface area (Å²) in [4.78, 5) is 0. The van der Waals surface area contributed by atoms with Crippen molar-refractivity contribution in [3.8, 4) is 0 Å². The molecular formula is C11H23N. The van der Waals surface area contributed by atoms with Gasteiger partial charge in [0.05, 0.1) is 0 Å². The lowest BCUT2D eigenvalue weighted by molar-refractivity contribution is 0.675. The predicted molar refractivity (Wildman–Crippen MR) is 56.4 cm³/mol. The molecule has 0 aromatic heterocycles. The second-order valence-electron chi connectivity index (χ2n) is 3.34. The van der Waals surface area contributed by atoms with Crippen molar-refractivity contribution in [2.24, 2.45) is 5.92 Å². The van der Waals surface area contributed by atoms with Gasteiger partial charge >= 0.3 is 0 Å². The Morgan fingerprint density at radius 2 is 2.00 bits per heavy atom. The maximum absolute atomic E-state index is 3.36. The number of nitrogens with one attached hydrogen (secondary N) is 1. The van der Waals surface area contributed by atoms with Crippen molar-refractivity contribution in [3.05, 3.63) is 11.6 Å². The van der Waals surface area contributed by atoms with Crippen molar-refractivity contribution in [1.82, 2.24) is 5.32 Å². The van der Waals surface area contributed by atoms with Crippen LogP contribution in [-0.2, 0) is 0 Å². The summed E-state index contributed by atoms with van der Waals surface area (Å²) in [7, 11) is 0. The Kier molecular flexibility index (Phi) is 7.17. The average molecular weight is 169 g/mol. The molecule has 12 heavy (non-hydrogen) atoms. The van der Waals surface area contributed by atoms with Gasteiger partial charge in [-0.15, -0.1) is 0 Å². The molecule has 0 aliphatic carbocycles. The van der Waals surface area contributed by atoms with Gasteiger partial charge in [0.15, 0.2) is 0 Å². The highest BCUT2D eigenvalue weighted by Gasteiger charge is 1.97. The van der Waals surface area contributed by atoms with E-state index in [1.54, 1.807) is 5.57 Å². The van der Waals surface area contributed by atoms with Gasteiger partial charge in [-0.2, -0.15) is 0 Å². The monoisotopic (exact) mass is 169 g/mol. The first-order valence-corrected chi connectivity index (χ1v) is 5.14. The normalized spacial score (nSPS) is 14.8. The van der Waals surface area contributed by atoms with E-state index in [9.17, 15) is 0 Å². The van der Waals surface area contributed by atoms with Crippen LogP contribution in [0.15, 0.2) is 11.6 Å². The van der Waals surface area contributed by atoms with Crippen molar-refractivity contribution in [2.75, 3.05) is 13.1 Å². The molecule has 1 unspecified atom stereocenters. The lowest BCUT2D eigenvalue weighted by atomic mass is 10.0. The van der Waals surface area contributed by atoms with Crippen molar-refractivity contribution in [3.63, 3.8) is 0 Å². The van der Waals surface area contributed by atoms with Crippen molar-refractivity contribution < 1.29 is 0 Å². The quantitative estimate of drug-likeness (QED) is 0.603. The third-order valence-corrected chi connectivity index (χ3v) is 2.22. The molecule has 0 fully saturated rings. The van der Waals surface area contributed by atoms with E-state index in [1.807, 2.05) is 0 Å². The van der Waals surface area contributed by atoms with Crippen LogP contribution in [0.25, 0.3) is 0 Å². The molecule has 0 bridgehead atoms. The summed E-state index contributed by atoms with van der Waals surface area (Å²) in [6.45, 7) is 11.0. The zero-order valence-electron chi connectivity index (χ0n) is 8.98. The predicted octanol–water partition coefficient (Wildman–Crippen LogP) is 2.98. The highest BCUT2D eigenvalue weighted by Crippen LogP contribution is 2.08. The van der Waals surface area contributed by atoms with Crippen molar-refractivity contribution in [2.45, 2.75) is 40.5 Å². The maximum atomic E-state index is 3.36. The number of allylic oxidation sites excluding steroid dienone is 1. The molecule has 0 heterocycles. The van der Waals surface area contributed by atoms with E-state index in [1.165, 1.54) is 12.8 Å². The molecule has 0 aliphatic rings. The zero-order valence-corrected chi connectivity index (χ0v) is 8.98. The molecule has 0 rings (SSSR count). The zero-order chi connectivity index (χ0) is 9.40. The second-order valence-corrected chi connectivity index (χ2v) is 3.34. The van der Waals surface area contributed by atoms with Crippen LogP contribution in [0.1, 0.15) is 40.5 Å². The van der Waals surface area contributed by atoms with E-state index in [4.69, 9.17) is 0 Å². The first-order valence-electron chi connectivity index (χ1n) is 5.14. The maximum Gasteiger partial charge on any atom is 0.0164 e. The van der Waals surface area contributed by atoms with E-state index >= 15 is 0 Å². The third-order valence-electron chi connectivity index (χ3n) is 2.22. The van der Waals surface area contributed by atoms with Crippen LogP contribution < -0.4 is 5.32 Å². The van der Waals surface area contributed by atoms with Crippen LogP contribution in [0.4, 0.5) is 0 Å². The fourth-order valence-electron chi connectivity index (χ4n) is 1.11. The Morgan fingerprint density at radius 1 is 1.33 bits per heavy atom. The molecule has 0 saturated carbocycles. The molecule has 0 aromatic rings. The summed E-state index contributed by atoms with van der Waals surface area (Å²) < 4.78 is 0. The van der Waals surface area contributed by atoms with E-state index < -0.39 is 0 Å². The number of hydrogen-bond acceptors (Lipinski definition) is 1. The fourth-order valence-corrected chi connectivity index (χ4v) is 1.11. The SMILES string of the molecule is CCNCC(=CC(C)CC)CC. The Balaban J connectivity index is 3.85. The van der Waals surface area contributed by atoms with E-state index in [0.29, 0.717) is 0 Å². The molecule has 0 saturated heterocycles. The molecule has 0 radical (unpaired) electrons. The van der Waals surface area contributed by atoms with Gasteiger partial charge in [-0.05, 0) is 18.9 Å². The fraction of sp³-hybridized carbons (Fsp3) is 0.818. The molecule has 1 atom stereocenters. The Hall–Kier alpha value is -0.300. The first-order chi connectivity index (χ1) is 5.74. The summed E-state index contributed by atoms with van der Waals surface area (Å²) in [5.41, 5.74) is 1.55. The van der Waals surface area contributed by atoms with Crippen LogP contribution in [-0.4, -0.2) is 13.1 Å². The average Bonchev–Trinajstić information content (AvgIpc) is 2.11. The van der Waals surface area contributed by atoms with Crippen molar-refractivity contribution >= 4 is 0 Å². The number of likely N-dealkylation sites (N-methyl/N-ethyl adjacent to an activating group) is 1. The van der Waals surface area contributed by atoms with Crippen molar-refractivity contribution in [1.29, 1.82) is 0 Å². The standard InChI is InChI=1S/C11H23N/c1-5-10(4)8-11(6-2)9-12-7-3/h8,10,12H,5-7,9H2,1-4H3. The molecule has 1 heteroatoms. The van der Waals surface area contributed by atoms with Gasteiger partial charge in [-0.3, -0.25) is 0 Å². The topological polar surface area (TPSA) is 12.0 Å². The Labute approximate surface area is 77.2 Å². The van der Waals surface area contributed by atoms with Crippen LogP contribution in [0, 0.1) is 5.92 Å². The van der Waals surface area contributed by atoms with Gasteiger partial charge in [0.25, 0.3) is 0 Å². The minimum absolute atomic E-state index is 0.735. The van der Waals surface area contributed by atoms with E-state index in [0.717, 1.165) is 19.0 Å². The summed E-state index contributed by atoms with van der Waals surface area (Å²) in [6, 6.07) is 0.